The van der Waals surface area contributed by atoms with E-state index in [0.29, 0.717) is 25.9 Å². The Morgan fingerprint density at radius 3 is 2.71 bits per heavy atom. The van der Waals surface area contributed by atoms with Crippen molar-refractivity contribution in [2.24, 2.45) is 5.41 Å². The van der Waals surface area contributed by atoms with Crippen molar-refractivity contribution >= 4 is 22.6 Å². The Bertz CT molecular complexity index is 1260. The Balaban J connectivity index is 1.53. The number of hydrogen-bond acceptors (Lipinski definition) is 4. The molecule has 1 saturated heterocycles. The lowest BCUT2D eigenvalue weighted by molar-refractivity contribution is -0.186. The number of benzene rings is 2. The summed E-state index contributed by atoms with van der Waals surface area (Å²) in [7, 11) is 1.65. The number of carbonyl (C=O) groups is 1. The van der Waals surface area contributed by atoms with Gasteiger partial charge in [-0.05, 0) is 67.1 Å². The van der Waals surface area contributed by atoms with Gasteiger partial charge in [-0.1, -0.05) is 6.07 Å². The first-order valence-electron chi connectivity index (χ1n) is 11.5. The molecule has 5 rings (SSSR count). The van der Waals surface area contributed by atoms with E-state index in [1.807, 2.05) is 25.3 Å². The van der Waals surface area contributed by atoms with E-state index in [1.165, 1.54) is 6.07 Å². The molecular weight excluding hydrogens is 440 g/mol. The Kier molecular flexibility index (Phi) is 5.31. The van der Waals surface area contributed by atoms with Crippen molar-refractivity contribution in [3.05, 3.63) is 58.8 Å². The average Bonchev–Trinajstić information content (AvgIpc) is 3.25. The van der Waals surface area contributed by atoms with Crippen molar-refractivity contribution in [3.63, 3.8) is 0 Å². The summed E-state index contributed by atoms with van der Waals surface area (Å²) in [5.41, 5.74) is 9.93. The van der Waals surface area contributed by atoms with E-state index in [1.54, 1.807) is 19.2 Å². The van der Waals surface area contributed by atoms with Crippen molar-refractivity contribution < 1.29 is 23.4 Å². The molecule has 2 fully saturated rings. The predicted molar refractivity (Wildman–Crippen MR) is 126 cm³/mol. The Morgan fingerprint density at radius 1 is 1.29 bits per heavy atom. The molecule has 2 aliphatic rings. The van der Waals surface area contributed by atoms with Crippen LogP contribution >= 0.6 is 0 Å². The summed E-state index contributed by atoms with van der Waals surface area (Å²) in [6.07, 6.45) is 3.00. The number of ether oxygens (including phenoxy) is 1. The van der Waals surface area contributed by atoms with Gasteiger partial charge in [-0.2, -0.15) is 0 Å². The van der Waals surface area contributed by atoms with Gasteiger partial charge in [0, 0.05) is 53.8 Å². The van der Waals surface area contributed by atoms with Gasteiger partial charge < -0.3 is 20.6 Å². The molecule has 0 amide bonds. The molecule has 2 heterocycles. The Morgan fingerprint density at radius 2 is 2.06 bits per heavy atom. The molecule has 1 unspecified atom stereocenters. The van der Waals surface area contributed by atoms with Crippen molar-refractivity contribution in [1.82, 2.24) is 9.88 Å². The number of rotatable bonds is 5. The number of aryl methyl sites for hydroxylation is 1. The largest absolute Gasteiger partial charge is 0.496 e. The molecule has 34 heavy (non-hydrogen) atoms. The fourth-order valence-corrected chi connectivity index (χ4v) is 6.03. The number of anilines is 1. The normalized spacial score (nSPS) is 21.5. The van der Waals surface area contributed by atoms with Crippen LogP contribution in [0.2, 0.25) is 0 Å². The van der Waals surface area contributed by atoms with Crippen LogP contribution in [-0.4, -0.2) is 40.5 Å². The molecule has 1 atom stereocenters. The minimum absolute atomic E-state index is 0.0465. The van der Waals surface area contributed by atoms with Crippen LogP contribution in [0.1, 0.15) is 58.8 Å². The topological polar surface area (TPSA) is 91.6 Å². The summed E-state index contributed by atoms with van der Waals surface area (Å²) in [5.74, 6) is -2.89. The van der Waals surface area contributed by atoms with Crippen molar-refractivity contribution in [2.75, 3.05) is 19.4 Å². The van der Waals surface area contributed by atoms with E-state index in [-0.39, 0.29) is 30.1 Å². The molecule has 1 aromatic heterocycles. The van der Waals surface area contributed by atoms with E-state index in [0.717, 1.165) is 33.3 Å². The standard InChI is InChI=1S/C26H29F2N3O3/c1-15-9-22(34-2)19(17-5-7-30-23(15)17)12-31-8-6-25(13-26(27,28)14-25)11-21(31)16-3-4-18(24(32)33)20(29)10-16/h3-5,7,9-10,21,30H,6,8,11-14,29H2,1-2H3,(H,32,33). The smallest absolute Gasteiger partial charge is 0.337 e. The Hall–Kier alpha value is -3.13. The molecule has 1 saturated carbocycles. The molecular formula is C26H29F2N3O3. The molecule has 8 heteroatoms. The molecule has 1 aliphatic heterocycles. The van der Waals surface area contributed by atoms with Gasteiger partial charge in [0.25, 0.3) is 0 Å². The van der Waals surface area contributed by atoms with E-state index >= 15 is 0 Å². The number of nitrogens with one attached hydrogen (secondary N) is 1. The minimum Gasteiger partial charge on any atom is -0.496 e. The number of likely N-dealkylation sites (tertiary alicyclic amines) is 1. The highest BCUT2D eigenvalue weighted by molar-refractivity contribution is 5.93. The number of nitrogens with zero attached hydrogens (tertiary/aromatic N) is 1. The van der Waals surface area contributed by atoms with Crippen LogP contribution < -0.4 is 10.5 Å². The molecule has 6 nitrogen and oxygen atoms in total. The first kappa shape index (κ1) is 22.7. The number of piperidine rings is 1. The van der Waals surface area contributed by atoms with Crippen molar-refractivity contribution in [2.45, 2.75) is 51.1 Å². The lowest BCUT2D eigenvalue weighted by atomic mass is 9.59. The molecule has 0 bridgehead atoms. The first-order valence-corrected chi connectivity index (χ1v) is 11.5. The second-order valence-corrected chi connectivity index (χ2v) is 9.94. The van der Waals surface area contributed by atoms with Gasteiger partial charge >= 0.3 is 5.97 Å². The third kappa shape index (κ3) is 3.79. The van der Waals surface area contributed by atoms with Gasteiger partial charge in [-0.3, -0.25) is 4.90 Å². The van der Waals surface area contributed by atoms with Crippen LogP contribution in [0.3, 0.4) is 0 Å². The number of nitrogens with two attached hydrogens (primary N) is 1. The maximum absolute atomic E-state index is 13.9. The number of alkyl halides is 2. The highest BCUT2D eigenvalue weighted by Gasteiger charge is 2.58. The van der Waals surface area contributed by atoms with Crippen LogP contribution in [0, 0.1) is 12.3 Å². The maximum atomic E-state index is 13.9. The van der Waals surface area contributed by atoms with E-state index in [4.69, 9.17) is 10.5 Å². The summed E-state index contributed by atoms with van der Waals surface area (Å²) in [5, 5.41) is 10.4. The van der Waals surface area contributed by atoms with E-state index in [2.05, 4.69) is 9.88 Å². The summed E-state index contributed by atoms with van der Waals surface area (Å²) < 4.78 is 33.5. The summed E-state index contributed by atoms with van der Waals surface area (Å²) in [6.45, 7) is 3.27. The number of aromatic carboxylic acids is 1. The SMILES string of the molecule is COc1cc(C)c2[nH]ccc2c1CN1CCC2(CC1c1ccc(C(=O)O)c(N)c1)CC(F)(F)C2. The minimum atomic E-state index is -2.60. The number of aromatic amines is 1. The highest BCUT2D eigenvalue weighted by atomic mass is 19.3. The monoisotopic (exact) mass is 469 g/mol. The number of fused-ring (bicyclic) bond motifs is 1. The van der Waals surface area contributed by atoms with Crippen molar-refractivity contribution in [1.29, 1.82) is 0 Å². The number of hydrogen-bond donors (Lipinski definition) is 3. The van der Waals surface area contributed by atoms with E-state index < -0.39 is 17.3 Å². The first-order chi connectivity index (χ1) is 16.1. The highest BCUT2D eigenvalue weighted by Crippen LogP contribution is 2.60. The van der Waals surface area contributed by atoms with E-state index in [9.17, 15) is 18.7 Å². The number of nitrogen functional groups attached to an aromatic ring is 1. The van der Waals surface area contributed by atoms with Crippen LogP contribution in [0.4, 0.5) is 14.5 Å². The zero-order valence-electron chi connectivity index (χ0n) is 19.3. The van der Waals surface area contributed by atoms with Crippen LogP contribution in [0.15, 0.2) is 36.5 Å². The summed E-state index contributed by atoms with van der Waals surface area (Å²) in [4.78, 5) is 17.0. The lowest BCUT2D eigenvalue weighted by Gasteiger charge is -2.54. The number of H-pyrrole nitrogens is 1. The second kappa shape index (κ2) is 7.98. The third-order valence-electron chi connectivity index (χ3n) is 7.65. The molecule has 180 valence electrons. The molecule has 0 radical (unpaired) electrons. The van der Waals surface area contributed by atoms with Crippen molar-refractivity contribution in [3.8, 4) is 5.75 Å². The number of carboxylic acids is 1. The van der Waals surface area contributed by atoms with Crippen LogP contribution in [0.25, 0.3) is 10.9 Å². The Labute approximate surface area is 196 Å². The third-order valence-corrected chi connectivity index (χ3v) is 7.65. The number of methoxy groups -OCH3 is 1. The van der Waals surface area contributed by atoms with Gasteiger partial charge in [0.15, 0.2) is 0 Å². The number of halogens is 2. The van der Waals surface area contributed by atoms with Gasteiger partial charge in [0.05, 0.1) is 12.7 Å². The molecule has 1 aliphatic carbocycles. The number of aromatic nitrogens is 1. The van der Waals surface area contributed by atoms with Gasteiger partial charge in [0.1, 0.15) is 5.75 Å². The maximum Gasteiger partial charge on any atom is 0.337 e. The lowest BCUT2D eigenvalue weighted by Crippen LogP contribution is -2.53. The van der Waals surface area contributed by atoms with Gasteiger partial charge in [-0.25, -0.2) is 13.6 Å². The summed E-state index contributed by atoms with van der Waals surface area (Å²) >= 11 is 0. The summed E-state index contributed by atoms with van der Waals surface area (Å²) in [6, 6.07) is 8.86. The quantitative estimate of drug-likeness (QED) is 0.428. The van der Waals surface area contributed by atoms with Gasteiger partial charge in [0.2, 0.25) is 5.92 Å². The average molecular weight is 470 g/mol. The number of carboxylic acid groups (broad SMARTS) is 1. The fourth-order valence-electron chi connectivity index (χ4n) is 6.03. The zero-order valence-corrected chi connectivity index (χ0v) is 19.3. The van der Waals surface area contributed by atoms with Crippen LogP contribution in [0.5, 0.6) is 5.75 Å². The molecule has 4 N–H and O–H groups in total. The molecule has 1 spiro atoms. The predicted octanol–water partition coefficient (Wildman–Crippen LogP) is 5.52. The fraction of sp³-hybridized carbons (Fsp3) is 0.423. The van der Waals surface area contributed by atoms with Crippen LogP contribution in [-0.2, 0) is 6.54 Å². The molecule has 3 aromatic rings. The zero-order chi connectivity index (χ0) is 24.3. The second-order valence-electron chi connectivity index (χ2n) is 9.94. The molecule has 2 aromatic carbocycles. The van der Waals surface area contributed by atoms with Gasteiger partial charge in [-0.15, -0.1) is 0 Å².